The molecule has 5 nitrogen and oxygen atoms in total. The number of ether oxygens (including phenoxy) is 1. The van der Waals surface area contributed by atoms with Crippen molar-refractivity contribution < 1.29 is 14.3 Å². The van der Waals surface area contributed by atoms with Gasteiger partial charge < -0.3 is 15.4 Å². The predicted octanol–water partition coefficient (Wildman–Crippen LogP) is 1.68. The topological polar surface area (TPSA) is 67.4 Å². The first-order chi connectivity index (χ1) is 8.52. The first-order valence-electron chi connectivity index (χ1n) is 5.74. The molecule has 1 aromatic rings. The van der Waals surface area contributed by atoms with Crippen molar-refractivity contribution in [2.24, 2.45) is 0 Å². The number of amides is 2. The number of hydrogen-bond acceptors (Lipinski definition) is 3. The van der Waals surface area contributed by atoms with E-state index in [1.807, 2.05) is 13.8 Å². The molecule has 0 aliphatic rings. The van der Waals surface area contributed by atoms with Gasteiger partial charge in [-0.15, -0.1) is 0 Å². The van der Waals surface area contributed by atoms with Gasteiger partial charge in [0.15, 0.2) is 0 Å². The monoisotopic (exact) mass is 250 g/mol. The Kier molecular flexibility index (Phi) is 5.17. The standard InChI is InChI=1S/C13H18N2O3/c1-9(2)15-13(17)14-8-10-4-6-11(7-5-10)12(16)18-3/h4-7,9H,8H2,1-3H3,(H2,14,15,17). The minimum absolute atomic E-state index is 0.103. The minimum Gasteiger partial charge on any atom is -0.465 e. The smallest absolute Gasteiger partial charge is 0.337 e. The van der Waals surface area contributed by atoms with Crippen LogP contribution < -0.4 is 10.6 Å². The fraction of sp³-hybridized carbons (Fsp3) is 0.385. The van der Waals surface area contributed by atoms with E-state index >= 15 is 0 Å². The third-order valence-corrected chi connectivity index (χ3v) is 2.25. The van der Waals surface area contributed by atoms with E-state index in [0.717, 1.165) is 5.56 Å². The van der Waals surface area contributed by atoms with Crippen LogP contribution in [0.1, 0.15) is 29.8 Å². The molecule has 0 aromatic heterocycles. The van der Waals surface area contributed by atoms with E-state index in [-0.39, 0.29) is 18.0 Å². The number of esters is 1. The molecule has 2 amide bonds. The zero-order chi connectivity index (χ0) is 13.5. The second kappa shape index (κ2) is 6.64. The number of rotatable bonds is 4. The molecule has 0 aliphatic carbocycles. The third-order valence-electron chi connectivity index (χ3n) is 2.25. The highest BCUT2D eigenvalue weighted by Crippen LogP contribution is 2.05. The van der Waals surface area contributed by atoms with Gasteiger partial charge in [-0.2, -0.15) is 0 Å². The average Bonchev–Trinajstić information content (AvgIpc) is 2.35. The van der Waals surface area contributed by atoms with Gasteiger partial charge in [0.05, 0.1) is 12.7 Å². The first-order valence-corrected chi connectivity index (χ1v) is 5.74. The molecule has 98 valence electrons. The van der Waals surface area contributed by atoms with E-state index in [4.69, 9.17) is 0 Å². The lowest BCUT2D eigenvalue weighted by Gasteiger charge is -2.10. The summed E-state index contributed by atoms with van der Waals surface area (Å²) in [7, 11) is 1.34. The summed E-state index contributed by atoms with van der Waals surface area (Å²) in [6.07, 6.45) is 0. The van der Waals surface area contributed by atoms with E-state index < -0.39 is 0 Å². The number of carbonyl (C=O) groups is 2. The van der Waals surface area contributed by atoms with Crippen LogP contribution in [0, 0.1) is 0 Å². The number of nitrogens with one attached hydrogen (secondary N) is 2. The van der Waals surface area contributed by atoms with Crippen molar-refractivity contribution >= 4 is 12.0 Å². The van der Waals surface area contributed by atoms with E-state index in [1.165, 1.54) is 7.11 Å². The lowest BCUT2D eigenvalue weighted by molar-refractivity contribution is 0.0600. The molecule has 0 saturated carbocycles. The fourth-order valence-electron chi connectivity index (χ4n) is 1.37. The Hall–Kier alpha value is -2.04. The van der Waals surface area contributed by atoms with Gasteiger partial charge in [0.1, 0.15) is 0 Å². The highest BCUT2D eigenvalue weighted by atomic mass is 16.5. The van der Waals surface area contributed by atoms with Crippen molar-refractivity contribution in [3.63, 3.8) is 0 Å². The molecule has 0 unspecified atom stereocenters. The number of hydrogen-bond donors (Lipinski definition) is 2. The van der Waals surface area contributed by atoms with E-state index in [9.17, 15) is 9.59 Å². The van der Waals surface area contributed by atoms with Crippen molar-refractivity contribution in [2.75, 3.05) is 7.11 Å². The second-order valence-electron chi connectivity index (χ2n) is 4.17. The molecule has 18 heavy (non-hydrogen) atoms. The van der Waals surface area contributed by atoms with Crippen molar-refractivity contribution in [1.29, 1.82) is 0 Å². The van der Waals surface area contributed by atoms with E-state index in [1.54, 1.807) is 24.3 Å². The number of carbonyl (C=O) groups excluding carboxylic acids is 2. The summed E-state index contributed by atoms with van der Waals surface area (Å²) in [5, 5.41) is 5.45. The maximum absolute atomic E-state index is 11.4. The van der Waals surface area contributed by atoms with Crippen LogP contribution in [0.15, 0.2) is 24.3 Å². The van der Waals surface area contributed by atoms with Crippen LogP contribution in [0.5, 0.6) is 0 Å². The molecule has 1 aromatic carbocycles. The third kappa shape index (κ3) is 4.45. The van der Waals surface area contributed by atoms with Crippen molar-refractivity contribution in [3.8, 4) is 0 Å². The zero-order valence-electron chi connectivity index (χ0n) is 10.8. The average molecular weight is 250 g/mol. The van der Waals surface area contributed by atoms with Gasteiger partial charge >= 0.3 is 12.0 Å². The van der Waals surface area contributed by atoms with Gasteiger partial charge in [-0.25, -0.2) is 9.59 Å². The van der Waals surface area contributed by atoms with Crippen LogP contribution in [0.25, 0.3) is 0 Å². The number of benzene rings is 1. The Morgan fingerprint density at radius 2 is 1.83 bits per heavy atom. The summed E-state index contributed by atoms with van der Waals surface area (Å²) in [5.74, 6) is -0.368. The molecular weight excluding hydrogens is 232 g/mol. The molecular formula is C13H18N2O3. The summed E-state index contributed by atoms with van der Waals surface area (Å²) >= 11 is 0. The molecule has 0 bridgehead atoms. The summed E-state index contributed by atoms with van der Waals surface area (Å²) in [6, 6.07) is 6.80. The molecule has 0 fully saturated rings. The van der Waals surface area contributed by atoms with Crippen LogP contribution in [-0.2, 0) is 11.3 Å². The number of methoxy groups -OCH3 is 1. The first kappa shape index (κ1) is 14.0. The highest BCUT2D eigenvalue weighted by Gasteiger charge is 2.05. The van der Waals surface area contributed by atoms with Crippen molar-refractivity contribution in [3.05, 3.63) is 35.4 Å². The Labute approximate surface area is 107 Å². The van der Waals surface area contributed by atoms with Crippen LogP contribution in [0.2, 0.25) is 0 Å². The van der Waals surface area contributed by atoms with Crippen LogP contribution in [-0.4, -0.2) is 25.2 Å². The molecule has 1 rings (SSSR count). The Morgan fingerprint density at radius 1 is 1.22 bits per heavy atom. The van der Waals surface area contributed by atoms with Crippen LogP contribution >= 0.6 is 0 Å². The molecule has 2 N–H and O–H groups in total. The largest absolute Gasteiger partial charge is 0.465 e. The summed E-state index contributed by atoms with van der Waals surface area (Å²) in [4.78, 5) is 22.6. The highest BCUT2D eigenvalue weighted by molar-refractivity contribution is 5.89. The Balaban J connectivity index is 2.49. The molecule has 0 atom stereocenters. The molecule has 5 heteroatoms. The van der Waals surface area contributed by atoms with Gasteiger partial charge in [0.2, 0.25) is 0 Å². The van der Waals surface area contributed by atoms with Crippen molar-refractivity contribution in [1.82, 2.24) is 10.6 Å². The second-order valence-corrected chi connectivity index (χ2v) is 4.17. The van der Waals surface area contributed by atoms with Gasteiger partial charge in [-0.3, -0.25) is 0 Å². The maximum Gasteiger partial charge on any atom is 0.337 e. The molecule has 0 radical (unpaired) electrons. The fourth-order valence-corrected chi connectivity index (χ4v) is 1.37. The van der Waals surface area contributed by atoms with Gasteiger partial charge in [-0.05, 0) is 31.5 Å². The van der Waals surface area contributed by atoms with Crippen LogP contribution in [0.3, 0.4) is 0 Å². The summed E-state index contributed by atoms with van der Waals surface area (Å²) < 4.78 is 4.60. The molecule has 0 aliphatic heterocycles. The normalized spacial score (nSPS) is 10.0. The van der Waals surface area contributed by atoms with Gasteiger partial charge in [0, 0.05) is 12.6 Å². The van der Waals surface area contributed by atoms with E-state index in [2.05, 4.69) is 15.4 Å². The molecule has 0 heterocycles. The quantitative estimate of drug-likeness (QED) is 0.799. The van der Waals surface area contributed by atoms with E-state index in [0.29, 0.717) is 12.1 Å². The predicted molar refractivity (Wildman–Crippen MR) is 68.3 cm³/mol. The zero-order valence-corrected chi connectivity index (χ0v) is 10.8. The van der Waals surface area contributed by atoms with Gasteiger partial charge in [0.25, 0.3) is 0 Å². The summed E-state index contributed by atoms with van der Waals surface area (Å²) in [5.41, 5.74) is 1.41. The number of urea groups is 1. The van der Waals surface area contributed by atoms with Crippen molar-refractivity contribution in [2.45, 2.75) is 26.4 Å². The van der Waals surface area contributed by atoms with Gasteiger partial charge in [-0.1, -0.05) is 12.1 Å². The van der Waals surface area contributed by atoms with Crippen LogP contribution in [0.4, 0.5) is 4.79 Å². The lowest BCUT2D eigenvalue weighted by atomic mass is 10.1. The SMILES string of the molecule is COC(=O)c1ccc(CNC(=O)NC(C)C)cc1. The Morgan fingerprint density at radius 3 is 2.33 bits per heavy atom. The summed E-state index contributed by atoms with van der Waals surface area (Å²) in [6.45, 7) is 4.20. The molecule has 0 spiro atoms. The lowest BCUT2D eigenvalue weighted by Crippen LogP contribution is -2.39. The molecule has 0 saturated heterocycles. The Bertz CT molecular complexity index is 413. The maximum atomic E-state index is 11.4. The minimum atomic E-state index is -0.368.